The van der Waals surface area contributed by atoms with Crippen LogP contribution in [0.15, 0.2) is 48.7 Å². The van der Waals surface area contributed by atoms with Crippen LogP contribution in [0.4, 0.5) is 0 Å². The van der Waals surface area contributed by atoms with E-state index < -0.39 is 64.7 Å². The maximum absolute atomic E-state index is 13.4. The van der Waals surface area contributed by atoms with Gasteiger partial charge in [0.25, 0.3) is 0 Å². The summed E-state index contributed by atoms with van der Waals surface area (Å²) >= 11 is 6.17. The molecule has 0 amide bonds. The number of hydrogen-bond donors (Lipinski definition) is 0. The zero-order valence-electron chi connectivity index (χ0n) is 27.3. The van der Waals surface area contributed by atoms with Crippen molar-refractivity contribution in [3.63, 3.8) is 0 Å². The van der Waals surface area contributed by atoms with Gasteiger partial charge in [0, 0.05) is 23.2 Å². The monoisotopic (exact) mass is 631 g/mol. The summed E-state index contributed by atoms with van der Waals surface area (Å²) in [7, 11) is 0. The molecule has 0 aromatic heterocycles. The van der Waals surface area contributed by atoms with Crippen molar-refractivity contribution in [2.75, 3.05) is 6.61 Å². The van der Waals surface area contributed by atoms with E-state index in [1.165, 1.54) is 0 Å². The summed E-state index contributed by atoms with van der Waals surface area (Å²) in [5.41, 5.74) is -1.41. The Labute approximate surface area is 265 Å². The first-order chi connectivity index (χ1) is 20.2. The first kappa shape index (κ1) is 35.3. The number of ketones is 1. The predicted octanol–water partition coefficient (Wildman–Crippen LogP) is 6.35. The Morgan fingerprint density at radius 1 is 0.886 bits per heavy atom. The van der Waals surface area contributed by atoms with E-state index in [-0.39, 0.29) is 18.8 Å². The van der Waals surface area contributed by atoms with E-state index >= 15 is 0 Å². The highest BCUT2D eigenvalue weighted by Crippen LogP contribution is 2.39. The lowest BCUT2D eigenvalue weighted by Gasteiger charge is -2.49. The van der Waals surface area contributed by atoms with Crippen molar-refractivity contribution < 1.29 is 38.1 Å². The standard InChI is InChI=1S/C34H46ClNO8/c1-11-12-21-18-36(23(17-24(21)37)20-13-15-22(35)16-14-20)28-27(44-31(40)34(8,9)10)26(43-30(39)33(5,6)7)25(19-41-28)42-29(38)32(2,3)4/h11,13-16,18,23,25-28H,1,12,17,19H2,2-10H3/t23-,25+,26-,27-,28+/m0/s1. The smallest absolute Gasteiger partial charge is 0.311 e. The van der Waals surface area contributed by atoms with Crippen LogP contribution in [-0.4, -0.2) is 59.7 Å². The summed E-state index contributed by atoms with van der Waals surface area (Å²) in [6, 6.07) is 6.59. The molecule has 1 aromatic rings. The molecule has 2 aliphatic heterocycles. The minimum atomic E-state index is -1.23. The number of halogens is 1. The van der Waals surface area contributed by atoms with Gasteiger partial charge in [-0.15, -0.1) is 6.58 Å². The average Bonchev–Trinajstić information content (AvgIpc) is 2.90. The number of benzene rings is 1. The lowest BCUT2D eigenvalue weighted by atomic mass is 9.90. The van der Waals surface area contributed by atoms with Gasteiger partial charge in [0.1, 0.15) is 0 Å². The Balaban J connectivity index is 2.19. The fourth-order valence-electron chi connectivity index (χ4n) is 4.60. The highest BCUT2D eigenvalue weighted by Gasteiger charge is 2.53. The number of rotatable bonds is 7. The number of carbonyl (C=O) groups is 4. The molecule has 0 N–H and O–H groups in total. The molecular formula is C34H46ClNO8. The van der Waals surface area contributed by atoms with E-state index in [0.29, 0.717) is 17.0 Å². The van der Waals surface area contributed by atoms with Crippen molar-refractivity contribution in [3.8, 4) is 0 Å². The van der Waals surface area contributed by atoms with Crippen LogP contribution >= 0.6 is 11.6 Å². The maximum Gasteiger partial charge on any atom is 0.311 e. The Morgan fingerprint density at radius 3 is 1.89 bits per heavy atom. The normalized spacial score (nSPS) is 24.7. The van der Waals surface area contributed by atoms with E-state index in [0.717, 1.165) is 5.56 Å². The van der Waals surface area contributed by atoms with E-state index in [9.17, 15) is 19.2 Å². The lowest BCUT2D eigenvalue weighted by molar-refractivity contribution is -0.256. The van der Waals surface area contributed by atoms with Crippen molar-refractivity contribution >= 4 is 35.3 Å². The molecule has 242 valence electrons. The highest BCUT2D eigenvalue weighted by atomic mass is 35.5. The zero-order chi connectivity index (χ0) is 33.2. The van der Waals surface area contributed by atoms with Crippen molar-refractivity contribution in [3.05, 3.63) is 59.3 Å². The SMILES string of the molecule is C=CCC1=CN([C@@H]2OC[C@@H](OC(=O)C(C)(C)C)[C@H](OC(=O)C(C)(C)C)[C@@H]2OC(=O)C(C)(C)C)[C@H](c2ccc(Cl)cc2)CC1=O. The molecule has 0 unspecified atom stereocenters. The fourth-order valence-corrected chi connectivity index (χ4v) is 4.72. The third kappa shape index (κ3) is 8.51. The zero-order valence-corrected chi connectivity index (χ0v) is 28.0. The average molecular weight is 632 g/mol. The number of carbonyl (C=O) groups excluding carboxylic acids is 4. The maximum atomic E-state index is 13.4. The highest BCUT2D eigenvalue weighted by molar-refractivity contribution is 6.30. The third-order valence-corrected chi connectivity index (χ3v) is 7.55. The van der Waals surface area contributed by atoms with Gasteiger partial charge >= 0.3 is 17.9 Å². The van der Waals surface area contributed by atoms with Crippen LogP contribution in [0.1, 0.15) is 86.8 Å². The molecule has 10 heteroatoms. The second-order valence-corrected chi connectivity index (χ2v) is 14.9. The Kier molecular flexibility index (Phi) is 10.8. The molecule has 0 radical (unpaired) electrons. The molecule has 0 aliphatic carbocycles. The van der Waals surface area contributed by atoms with E-state index in [1.54, 1.807) is 86.7 Å². The molecular weight excluding hydrogens is 586 g/mol. The van der Waals surface area contributed by atoms with Crippen LogP contribution in [0.25, 0.3) is 0 Å². The molecule has 0 spiro atoms. The van der Waals surface area contributed by atoms with Crippen LogP contribution in [0.3, 0.4) is 0 Å². The summed E-state index contributed by atoms with van der Waals surface area (Å²) in [5.74, 6) is -1.73. The first-order valence-electron chi connectivity index (χ1n) is 14.9. The molecule has 1 saturated heterocycles. The molecule has 0 bridgehead atoms. The van der Waals surface area contributed by atoms with E-state index in [4.69, 9.17) is 30.5 Å². The summed E-state index contributed by atoms with van der Waals surface area (Å²) in [4.78, 5) is 54.9. The first-order valence-corrected chi connectivity index (χ1v) is 15.2. The molecule has 3 rings (SSSR count). The Bertz CT molecular complexity index is 1280. The number of esters is 3. The van der Waals surface area contributed by atoms with Gasteiger partial charge in [0.2, 0.25) is 0 Å². The fraction of sp³-hybridized carbons (Fsp3) is 0.588. The predicted molar refractivity (Wildman–Crippen MR) is 166 cm³/mol. The van der Waals surface area contributed by atoms with Crippen molar-refractivity contribution in [1.29, 1.82) is 0 Å². The minimum absolute atomic E-state index is 0.0622. The molecule has 2 aliphatic rings. The van der Waals surface area contributed by atoms with Gasteiger partial charge < -0.3 is 23.8 Å². The largest absolute Gasteiger partial charge is 0.455 e. The Morgan fingerprint density at radius 2 is 1.39 bits per heavy atom. The van der Waals surface area contributed by atoms with Gasteiger partial charge in [-0.3, -0.25) is 19.2 Å². The van der Waals surface area contributed by atoms with Gasteiger partial charge in [-0.05, 0) is 86.4 Å². The molecule has 1 aromatic carbocycles. The van der Waals surface area contributed by atoms with Crippen LogP contribution in [0, 0.1) is 16.2 Å². The van der Waals surface area contributed by atoms with E-state index in [1.807, 2.05) is 17.0 Å². The van der Waals surface area contributed by atoms with Crippen molar-refractivity contribution in [2.24, 2.45) is 16.2 Å². The van der Waals surface area contributed by atoms with Gasteiger partial charge in [0.15, 0.2) is 30.3 Å². The summed E-state index contributed by atoms with van der Waals surface area (Å²) in [6.07, 6.45) is -0.775. The molecule has 1 fully saturated rings. The van der Waals surface area contributed by atoms with E-state index in [2.05, 4.69) is 6.58 Å². The van der Waals surface area contributed by atoms with Crippen molar-refractivity contribution in [2.45, 2.75) is 106 Å². The number of Topliss-reactive ketones (excluding diaryl/α,β-unsaturated/α-hetero) is 1. The number of hydrogen-bond acceptors (Lipinski definition) is 9. The molecule has 44 heavy (non-hydrogen) atoms. The number of nitrogens with zero attached hydrogens (tertiary/aromatic N) is 1. The summed E-state index contributed by atoms with van der Waals surface area (Å²) < 4.78 is 24.4. The molecule has 2 heterocycles. The summed E-state index contributed by atoms with van der Waals surface area (Å²) in [5, 5.41) is 0.536. The summed E-state index contributed by atoms with van der Waals surface area (Å²) in [6.45, 7) is 19.0. The number of allylic oxidation sites excluding steroid dienone is 2. The third-order valence-electron chi connectivity index (χ3n) is 7.30. The second-order valence-electron chi connectivity index (χ2n) is 14.4. The van der Waals surface area contributed by atoms with Crippen LogP contribution in [-0.2, 0) is 38.1 Å². The minimum Gasteiger partial charge on any atom is -0.455 e. The van der Waals surface area contributed by atoms with Crippen LogP contribution < -0.4 is 0 Å². The van der Waals surface area contributed by atoms with Gasteiger partial charge in [-0.2, -0.15) is 0 Å². The Hall–Kier alpha value is -3.17. The molecule has 0 saturated carbocycles. The lowest BCUT2D eigenvalue weighted by Crippen LogP contribution is -2.63. The van der Waals surface area contributed by atoms with Crippen LogP contribution in [0.2, 0.25) is 5.02 Å². The van der Waals surface area contributed by atoms with Gasteiger partial charge in [0.05, 0.1) is 28.9 Å². The van der Waals surface area contributed by atoms with Crippen molar-refractivity contribution in [1.82, 2.24) is 4.90 Å². The molecule has 5 atom stereocenters. The van der Waals surface area contributed by atoms with Crippen LogP contribution in [0.5, 0.6) is 0 Å². The quantitative estimate of drug-likeness (QED) is 0.193. The second kappa shape index (κ2) is 13.4. The number of ether oxygens (including phenoxy) is 4. The van der Waals surface area contributed by atoms with Gasteiger partial charge in [-0.25, -0.2) is 0 Å². The topological polar surface area (TPSA) is 108 Å². The van der Waals surface area contributed by atoms with Gasteiger partial charge in [-0.1, -0.05) is 29.8 Å². The molecule has 9 nitrogen and oxygen atoms in total.